The highest BCUT2D eigenvalue weighted by Gasteiger charge is 2.10. The number of carbonyl (C=O) groups is 1. The van der Waals surface area contributed by atoms with Gasteiger partial charge in [-0.25, -0.2) is 9.78 Å². The van der Waals surface area contributed by atoms with Crippen LogP contribution >= 0.6 is 23.2 Å². The number of hydrogen-bond donors (Lipinski definition) is 1. The van der Waals surface area contributed by atoms with Crippen LogP contribution < -0.4 is 0 Å². The van der Waals surface area contributed by atoms with Crippen LogP contribution in [-0.4, -0.2) is 20.6 Å². The monoisotopic (exact) mass is 382 g/mol. The summed E-state index contributed by atoms with van der Waals surface area (Å²) < 4.78 is 1.86. The molecule has 1 aromatic heterocycles. The minimum Gasteiger partial charge on any atom is -0.478 e. The predicted molar refractivity (Wildman–Crippen MR) is 103 cm³/mol. The van der Waals surface area contributed by atoms with Crippen LogP contribution in [0.25, 0.3) is 27.8 Å². The molecule has 0 fully saturated rings. The Morgan fingerprint density at radius 1 is 0.923 bits per heavy atom. The Morgan fingerprint density at radius 2 is 1.69 bits per heavy atom. The third-order valence-corrected chi connectivity index (χ3v) is 4.55. The van der Waals surface area contributed by atoms with Crippen LogP contribution in [0.2, 0.25) is 10.0 Å². The van der Waals surface area contributed by atoms with E-state index in [9.17, 15) is 9.90 Å². The lowest BCUT2D eigenvalue weighted by Gasteiger charge is -2.09. The number of aromatic nitrogens is 2. The zero-order chi connectivity index (χ0) is 18.3. The van der Waals surface area contributed by atoms with E-state index >= 15 is 0 Å². The molecule has 3 aromatic carbocycles. The zero-order valence-electron chi connectivity index (χ0n) is 13.4. The molecule has 0 unspecified atom stereocenters. The van der Waals surface area contributed by atoms with E-state index in [1.165, 1.54) is 0 Å². The number of carboxylic acids is 1. The Labute approximate surface area is 159 Å². The molecule has 0 atom stereocenters. The van der Waals surface area contributed by atoms with E-state index in [1.54, 1.807) is 30.6 Å². The molecule has 4 nitrogen and oxygen atoms in total. The molecule has 1 heterocycles. The molecule has 0 aliphatic heterocycles. The topological polar surface area (TPSA) is 55.1 Å². The van der Waals surface area contributed by atoms with Gasteiger partial charge in [-0.3, -0.25) is 4.57 Å². The van der Waals surface area contributed by atoms with Gasteiger partial charge >= 0.3 is 5.97 Å². The summed E-state index contributed by atoms with van der Waals surface area (Å²) in [5.74, 6) is -0.970. The number of aromatic carboxylic acids is 1. The molecule has 0 aliphatic carbocycles. The molecule has 0 spiro atoms. The van der Waals surface area contributed by atoms with E-state index in [4.69, 9.17) is 23.2 Å². The second-order valence-electron chi connectivity index (χ2n) is 5.83. The number of halogens is 2. The van der Waals surface area contributed by atoms with Crippen molar-refractivity contribution < 1.29 is 9.90 Å². The maximum Gasteiger partial charge on any atom is 0.335 e. The normalized spacial score (nSPS) is 11.0. The minimum absolute atomic E-state index is 0.219. The lowest BCUT2D eigenvalue weighted by Crippen LogP contribution is -1.97. The summed E-state index contributed by atoms with van der Waals surface area (Å²) in [5.41, 5.74) is 4.39. The highest BCUT2D eigenvalue weighted by atomic mass is 35.5. The summed E-state index contributed by atoms with van der Waals surface area (Å²) in [6.45, 7) is 0. The van der Waals surface area contributed by atoms with Gasteiger partial charge in [-0.1, -0.05) is 35.3 Å². The summed E-state index contributed by atoms with van der Waals surface area (Å²) in [6.07, 6.45) is 1.68. The van der Waals surface area contributed by atoms with Crippen molar-refractivity contribution in [2.75, 3.05) is 0 Å². The maximum absolute atomic E-state index is 11.3. The zero-order valence-corrected chi connectivity index (χ0v) is 14.9. The van der Waals surface area contributed by atoms with Crippen molar-refractivity contribution in [1.29, 1.82) is 0 Å². The van der Waals surface area contributed by atoms with Crippen molar-refractivity contribution in [2.45, 2.75) is 0 Å². The number of benzene rings is 3. The van der Waals surface area contributed by atoms with Gasteiger partial charge in [-0.05, 0) is 59.7 Å². The minimum atomic E-state index is -0.970. The standard InChI is InChI=1S/C20H12Cl2N2O2/c21-15-6-14(7-16(22)10-15)12-2-1-3-17(8-12)24-11-23-18-5-4-13(20(25)26)9-19(18)24/h1-11H,(H,25,26). The fraction of sp³-hybridized carbons (Fsp3) is 0. The molecule has 1 N–H and O–H groups in total. The van der Waals surface area contributed by atoms with E-state index in [1.807, 2.05) is 41.0 Å². The van der Waals surface area contributed by atoms with Gasteiger partial charge in [0.05, 0.1) is 16.6 Å². The molecular formula is C20H12Cl2N2O2. The van der Waals surface area contributed by atoms with Crippen molar-refractivity contribution in [1.82, 2.24) is 9.55 Å². The van der Waals surface area contributed by atoms with E-state index < -0.39 is 5.97 Å². The molecule has 6 heteroatoms. The van der Waals surface area contributed by atoms with Crippen LogP contribution in [0.5, 0.6) is 0 Å². The Bertz CT molecular complexity index is 1130. The molecular weight excluding hydrogens is 371 g/mol. The quantitative estimate of drug-likeness (QED) is 0.494. The molecule has 0 saturated carbocycles. The van der Waals surface area contributed by atoms with Gasteiger partial charge in [0.2, 0.25) is 0 Å². The SMILES string of the molecule is O=C(O)c1ccc2ncn(-c3cccc(-c4cc(Cl)cc(Cl)c4)c3)c2c1. The van der Waals surface area contributed by atoms with Crippen molar-refractivity contribution in [3.05, 3.63) is 82.6 Å². The first-order chi connectivity index (χ1) is 12.5. The van der Waals surface area contributed by atoms with Crippen LogP contribution in [0.3, 0.4) is 0 Å². The fourth-order valence-corrected chi connectivity index (χ4v) is 3.43. The summed E-state index contributed by atoms with van der Waals surface area (Å²) in [5, 5.41) is 10.4. The van der Waals surface area contributed by atoms with E-state index in [2.05, 4.69) is 4.98 Å². The molecule has 128 valence electrons. The van der Waals surface area contributed by atoms with E-state index in [0.717, 1.165) is 27.8 Å². The number of rotatable bonds is 3. The van der Waals surface area contributed by atoms with Crippen molar-refractivity contribution in [3.63, 3.8) is 0 Å². The van der Waals surface area contributed by atoms with Gasteiger partial charge in [-0.15, -0.1) is 0 Å². The number of hydrogen-bond acceptors (Lipinski definition) is 2. The van der Waals surface area contributed by atoms with Gasteiger partial charge in [-0.2, -0.15) is 0 Å². The Kier molecular flexibility index (Phi) is 4.15. The lowest BCUT2D eigenvalue weighted by molar-refractivity contribution is 0.0697. The van der Waals surface area contributed by atoms with Gasteiger partial charge in [0.15, 0.2) is 0 Å². The van der Waals surface area contributed by atoms with Gasteiger partial charge in [0.25, 0.3) is 0 Å². The molecule has 4 aromatic rings. The lowest BCUT2D eigenvalue weighted by atomic mass is 10.1. The predicted octanol–water partition coefficient (Wildman–Crippen LogP) is 5.70. The van der Waals surface area contributed by atoms with Gasteiger partial charge in [0, 0.05) is 15.7 Å². The first kappa shape index (κ1) is 16.6. The summed E-state index contributed by atoms with van der Waals surface area (Å²) in [6, 6.07) is 18.1. The molecule has 0 bridgehead atoms. The Balaban J connectivity index is 1.85. The number of imidazole rings is 1. The van der Waals surface area contributed by atoms with Crippen LogP contribution in [0.15, 0.2) is 67.0 Å². The molecule has 4 rings (SSSR count). The number of carboxylic acid groups (broad SMARTS) is 1. The van der Waals surface area contributed by atoms with E-state index in [0.29, 0.717) is 10.0 Å². The smallest absolute Gasteiger partial charge is 0.335 e. The van der Waals surface area contributed by atoms with Gasteiger partial charge < -0.3 is 5.11 Å². The fourth-order valence-electron chi connectivity index (χ4n) is 2.90. The highest BCUT2D eigenvalue weighted by Crippen LogP contribution is 2.29. The van der Waals surface area contributed by atoms with Crippen LogP contribution in [0.1, 0.15) is 10.4 Å². The molecule has 26 heavy (non-hydrogen) atoms. The molecule has 0 radical (unpaired) electrons. The molecule has 0 saturated heterocycles. The second-order valence-corrected chi connectivity index (χ2v) is 6.70. The van der Waals surface area contributed by atoms with Crippen LogP contribution in [0.4, 0.5) is 0 Å². The third kappa shape index (κ3) is 3.05. The number of fused-ring (bicyclic) bond motifs is 1. The summed E-state index contributed by atoms with van der Waals surface area (Å²) in [7, 11) is 0. The largest absolute Gasteiger partial charge is 0.478 e. The highest BCUT2D eigenvalue weighted by molar-refractivity contribution is 6.35. The average Bonchev–Trinajstić information content (AvgIpc) is 3.04. The van der Waals surface area contributed by atoms with Crippen molar-refractivity contribution in [3.8, 4) is 16.8 Å². The second kappa shape index (κ2) is 6.48. The van der Waals surface area contributed by atoms with Crippen molar-refractivity contribution in [2.24, 2.45) is 0 Å². The van der Waals surface area contributed by atoms with Crippen molar-refractivity contribution >= 4 is 40.2 Å². The van der Waals surface area contributed by atoms with Crippen LogP contribution in [0, 0.1) is 0 Å². The summed E-state index contributed by atoms with van der Waals surface area (Å²) >= 11 is 12.2. The average molecular weight is 383 g/mol. The third-order valence-electron chi connectivity index (χ3n) is 4.11. The number of nitrogens with zero attached hydrogens (tertiary/aromatic N) is 2. The maximum atomic E-state index is 11.3. The first-order valence-electron chi connectivity index (χ1n) is 7.78. The van der Waals surface area contributed by atoms with Crippen LogP contribution in [-0.2, 0) is 0 Å². The Hall–Kier alpha value is -2.82. The Morgan fingerprint density at radius 3 is 2.42 bits per heavy atom. The van der Waals surface area contributed by atoms with E-state index in [-0.39, 0.29) is 5.56 Å². The summed E-state index contributed by atoms with van der Waals surface area (Å²) in [4.78, 5) is 15.6. The van der Waals surface area contributed by atoms with Gasteiger partial charge in [0.1, 0.15) is 6.33 Å². The molecule has 0 amide bonds. The molecule has 0 aliphatic rings. The first-order valence-corrected chi connectivity index (χ1v) is 8.54.